The second-order valence-corrected chi connectivity index (χ2v) is 6.13. The lowest BCUT2D eigenvalue weighted by atomic mass is 10.2. The van der Waals surface area contributed by atoms with Crippen molar-refractivity contribution >= 4 is 29.1 Å². The highest BCUT2D eigenvalue weighted by molar-refractivity contribution is 7.99. The molecule has 0 radical (unpaired) electrons. The molecule has 0 aliphatic carbocycles. The summed E-state index contributed by atoms with van der Waals surface area (Å²) in [4.78, 5) is 10.3. The summed E-state index contributed by atoms with van der Waals surface area (Å²) in [6.45, 7) is 0. The van der Waals surface area contributed by atoms with E-state index in [2.05, 4.69) is 10.2 Å². The summed E-state index contributed by atoms with van der Waals surface area (Å²) in [5, 5.41) is 19.3. The Balaban J connectivity index is 1.95. The molecule has 0 N–H and O–H groups in total. The Labute approximate surface area is 149 Å². The zero-order valence-corrected chi connectivity index (χ0v) is 14.2. The van der Waals surface area contributed by atoms with Crippen LogP contribution < -0.4 is 4.74 Å². The summed E-state index contributed by atoms with van der Waals surface area (Å²) in [6, 6.07) is 9.04. The lowest BCUT2D eigenvalue weighted by Gasteiger charge is -2.04. The number of rotatable bonds is 5. The standard InChI is InChI=1S/C15H9ClFN3O4S/c1-23-10-6-11(17)13(20(21)22)12(7-10)25-15-19-18-14(24-15)8-3-2-4-9(16)5-8/h2-7H,1H3. The number of nitro groups is 1. The van der Waals surface area contributed by atoms with Crippen molar-refractivity contribution in [3.05, 3.63) is 57.4 Å². The van der Waals surface area contributed by atoms with Crippen molar-refractivity contribution in [1.82, 2.24) is 10.2 Å². The van der Waals surface area contributed by atoms with E-state index < -0.39 is 16.4 Å². The minimum atomic E-state index is -1.01. The molecule has 25 heavy (non-hydrogen) atoms. The predicted molar refractivity (Wildman–Crippen MR) is 88.5 cm³/mol. The molecule has 0 fully saturated rings. The van der Waals surface area contributed by atoms with Gasteiger partial charge in [0.2, 0.25) is 11.7 Å². The van der Waals surface area contributed by atoms with Gasteiger partial charge in [-0.3, -0.25) is 10.1 Å². The van der Waals surface area contributed by atoms with Crippen molar-refractivity contribution in [1.29, 1.82) is 0 Å². The van der Waals surface area contributed by atoms with Crippen molar-refractivity contribution < 1.29 is 18.5 Å². The molecule has 0 aliphatic heterocycles. The molecule has 2 aromatic carbocycles. The maximum absolute atomic E-state index is 13.9. The van der Waals surface area contributed by atoms with Crippen molar-refractivity contribution in [2.45, 2.75) is 10.1 Å². The van der Waals surface area contributed by atoms with E-state index in [0.717, 1.165) is 17.8 Å². The van der Waals surface area contributed by atoms with E-state index in [9.17, 15) is 14.5 Å². The van der Waals surface area contributed by atoms with Crippen LogP contribution in [0.3, 0.4) is 0 Å². The molecule has 0 spiro atoms. The van der Waals surface area contributed by atoms with E-state index in [1.807, 2.05) is 0 Å². The van der Waals surface area contributed by atoms with E-state index in [0.29, 0.717) is 10.6 Å². The number of hydrogen-bond donors (Lipinski definition) is 0. The van der Waals surface area contributed by atoms with Gasteiger partial charge in [-0.15, -0.1) is 10.2 Å². The Morgan fingerprint density at radius 3 is 2.80 bits per heavy atom. The monoisotopic (exact) mass is 381 g/mol. The zero-order valence-electron chi connectivity index (χ0n) is 12.6. The van der Waals surface area contributed by atoms with E-state index in [-0.39, 0.29) is 21.8 Å². The van der Waals surface area contributed by atoms with Crippen LogP contribution in [0.25, 0.3) is 11.5 Å². The first-order valence-corrected chi connectivity index (χ1v) is 7.96. The molecule has 0 saturated carbocycles. The van der Waals surface area contributed by atoms with Crippen LogP contribution in [0.4, 0.5) is 10.1 Å². The summed E-state index contributed by atoms with van der Waals surface area (Å²) in [7, 11) is 1.33. The molecule has 0 saturated heterocycles. The number of hydrogen-bond acceptors (Lipinski definition) is 7. The van der Waals surface area contributed by atoms with Gasteiger partial charge in [0.15, 0.2) is 0 Å². The molecule has 1 aromatic heterocycles. The molecule has 1 heterocycles. The Hall–Kier alpha value is -2.65. The maximum atomic E-state index is 13.9. The van der Waals surface area contributed by atoms with Gasteiger partial charge >= 0.3 is 5.69 Å². The molecule has 0 bridgehead atoms. The minimum absolute atomic E-state index is 0.0110. The van der Waals surface area contributed by atoms with Gasteiger partial charge in [0, 0.05) is 22.7 Å². The molecule has 128 valence electrons. The first kappa shape index (κ1) is 17.2. The topological polar surface area (TPSA) is 91.3 Å². The fraction of sp³-hybridized carbons (Fsp3) is 0.0667. The minimum Gasteiger partial charge on any atom is -0.497 e. The number of aromatic nitrogens is 2. The van der Waals surface area contributed by atoms with E-state index >= 15 is 0 Å². The summed E-state index contributed by atoms with van der Waals surface area (Å²) >= 11 is 6.68. The number of ether oxygens (including phenoxy) is 1. The SMILES string of the molecule is COc1cc(F)c([N+](=O)[O-])c(Sc2nnc(-c3cccc(Cl)c3)o2)c1. The summed E-state index contributed by atoms with van der Waals surface area (Å²) in [5.41, 5.74) is -0.0912. The van der Waals surface area contributed by atoms with Gasteiger partial charge in [-0.05, 0) is 30.0 Å². The van der Waals surface area contributed by atoms with Crippen LogP contribution in [-0.2, 0) is 0 Å². The molecule has 3 rings (SSSR count). The summed E-state index contributed by atoms with van der Waals surface area (Å²) in [5.74, 6) is -0.683. The quantitative estimate of drug-likeness (QED) is 0.471. The number of nitrogens with zero attached hydrogens (tertiary/aromatic N) is 3. The molecule has 10 heteroatoms. The van der Waals surface area contributed by atoms with Gasteiger partial charge in [0.05, 0.1) is 12.0 Å². The van der Waals surface area contributed by atoms with Gasteiger partial charge in [-0.2, -0.15) is 4.39 Å². The van der Waals surface area contributed by atoms with Crippen LogP contribution in [-0.4, -0.2) is 22.2 Å². The first-order valence-electron chi connectivity index (χ1n) is 6.77. The molecular weight excluding hydrogens is 373 g/mol. The zero-order chi connectivity index (χ0) is 18.0. The van der Waals surface area contributed by atoms with Crippen LogP contribution in [0.1, 0.15) is 0 Å². The van der Waals surface area contributed by atoms with Crippen LogP contribution in [0.5, 0.6) is 5.75 Å². The first-order chi connectivity index (χ1) is 12.0. The van der Waals surface area contributed by atoms with Crippen LogP contribution in [0.15, 0.2) is 50.9 Å². The van der Waals surface area contributed by atoms with Crippen molar-refractivity contribution in [2.24, 2.45) is 0 Å². The molecule has 7 nitrogen and oxygen atoms in total. The fourth-order valence-electron chi connectivity index (χ4n) is 2.01. The van der Waals surface area contributed by atoms with Crippen LogP contribution in [0.2, 0.25) is 5.02 Å². The fourth-order valence-corrected chi connectivity index (χ4v) is 3.03. The van der Waals surface area contributed by atoms with Gasteiger partial charge in [0.1, 0.15) is 10.6 Å². The Morgan fingerprint density at radius 1 is 1.32 bits per heavy atom. The number of benzene rings is 2. The molecule has 0 aliphatic rings. The molecule has 3 aromatic rings. The summed E-state index contributed by atoms with van der Waals surface area (Å²) < 4.78 is 24.4. The lowest BCUT2D eigenvalue weighted by Crippen LogP contribution is -1.96. The largest absolute Gasteiger partial charge is 0.497 e. The number of methoxy groups -OCH3 is 1. The molecule has 0 amide bonds. The normalized spacial score (nSPS) is 10.7. The van der Waals surface area contributed by atoms with Crippen LogP contribution in [0, 0.1) is 15.9 Å². The third-order valence-electron chi connectivity index (χ3n) is 3.10. The van der Waals surface area contributed by atoms with Gasteiger partial charge in [0.25, 0.3) is 5.22 Å². The second kappa shape index (κ2) is 7.08. The van der Waals surface area contributed by atoms with E-state index in [1.165, 1.54) is 13.2 Å². The predicted octanol–water partition coefficient (Wildman–Crippen LogP) is 4.60. The smallest absolute Gasteiger partial charge is 0.319 e. The second-order valence-electron chi connectivity index (χ2n) is 4.70. The number of halogens is 2. The maximum Gasteiger partial charge on any atom is 0.319 e. The Bertz CT molecular complexity index is 950. The Kier molecular flexibility index (Phi) is 4.86. The van der Waals surface area contributed by atoms with Gasteiger partial charge < -0.3 is 9.15 Å². The lowest BCUT2D eigenvalue weighted by molar-refractivity contribution is -0.390. The molecular formula is C15H9ClFN3O4S. The Morgan fingerprint density at radius 2 is 2.12 bits per heavy atom. The highest BCUT2D eigenvalue weighted by atomic mass is 35.5. The van der Waals surface area contributed by atoms with Crippen LogP contribution >= 0.6 is 23.4 Å². The third kappa shape index (κ3) is 3.72. The molecule has 0 unspecified atom stereocenters. The van der Waals surface area contributed by atoms with Crippen molar-refractivity contribution in [3.8, 4) is 17.2 Å². The van der Waals surface area contributed by atoms with Crippen molar-refractivity contribution in [3.63, 3.8) is 0 Å². The average Bonchev–Trinajstić information content (AvgIpc) is 3.02. The summed E-state index contributed by atoms with van der Waals surface area (Å²) in [6.07, 6.45) is 0. The van der Waals surface area contributed by atoms with Gasteiger partial charge in [-0.1, -0.05) is 17.7 Å². The average molecular weight is 382 g/mol. The van der Waals surface area contributed by atoms with Crippen molar-refractivity contribution in [2.75, 3.05) is 7.11 Å². The van der Waals surface area contributed by atoms with Gasteiger partial charge in [-0.25, -0.2) is 0 Å². The van der Waals surface area contributed by atoms with E-state index in [4.69, 9.17) is 20.8 Å². The van der Waals surface area contributed by atoms with E-state index in [1.54, 1.807) is 24.3 Å². The highest BCUT2D eigenvalue weighted by Gasteiger charge is 2.25. The third-order valence-corrected chi connectivity index (χ3v) is 4.20. The number of nitro benzene ring substituents is 1. The highest BCUT2D eigenvalue weighted by Crippen LogP contribution is 2.39. The molecule has 0 atom stereocenters.